The van der Waals surface area contributed by atoms with Gasteiger partial charge < -0.3 is 14.8 Å². The molecule has 0 aromatic heterocycles. The van der Waals surface area contributed by atoms with Crippen LogP contribution in [0.15, 0.2) is 42.5 Å². The molecule has 0 saturated carbocycles. The highest BCUT2D eigenvalue weighted by atomic mass is 16.6. The quantitative estimate of drug-likeness (QED) is 0.908. The Hall–Kier alpha value is -2.53. The maximum absolute atomic E-state index is 12.5. The molecular formula is C20H24N2O3. The Balaban J connectivity index is 1.62. The van der Waals surface area contributed by atoms with Crippen molar-refractivity contribution in [1.82, 2.24) is 4.90 Å². The molecule has 5 nitrogen and oxygen atoms in total. The highest BCUT2D eigenvalue weighted by Gasteiger charge is 2.19. The van der Waals surface area contributed by atoms with Gasteiger partial charge in [-0.1, -0.05) is 18.2 Å². The summed E-state index contributed by atoms with van der Waals surface area (Å²) in [5.74, 6) is 1.53. The number of carbonyl (C=O) groups excluding carboxylic acids is 1. The van der Waals surface area contributed by atoms with Crippen molar-refractivity contribution in [2.75, 3.05) is 25.6 Å². The fraction of sp³-hybridized carbons (Fsp3) is 0.350. The Morgan fingerprint density at radius 1 is 1.16 bits per heavy atom. The van der Waals surface area contributed by atoms with Crippen molar-refractivity contribution >= 4 is 11.6 Å². The van der Waals surface area contributed by atoms with E-state index in [0.717, 1.165) is 28.3 Å². The first kappa shape index (κ1) is 17.3. The summed E-state index contributed by atoms with van der Waals surface area (Å²) in [4.78, 5) is 14.5. The van der Waals surface area contributed by atoms with Gasteiger partial charge >= 0.3 is 0 Å². The van der Waals surface area contributed by atoms with E-state index < -0.39 is 0 Å². The summed E-state index contributed by atoms with van der Waals surface area (Å²) in [6.07, 6.45) is 0. The number of likely N-dealkylation sites (N-methyl/N-ethyl adjacent to an activating group) is 1. The normalized spacial score (nSPS) is 14.2. The van der Waals surface area contributed by atoms with E-state index in [-0.39, 0.29) is 11.9 Å². The average molecular weight is 340 g/mol. The summed E-state index contributed by atoms with van der Waals surface area (Å²) in [5.41, 5.74) is 3.03. The fourth-order valence-electron chi connectivity index (χ4n) is 2.78. The number of aryl methyl sites for hydroxylation is 1. The molecule has 132 valence electrons. The summed E-state index contributed by atoms with van der Waals surface area (Å²) in [7, 11) is 1.94. The molecule has 0 saturated heterocycles. The number of hydrogen-bond acceptors (Lipinski definition) is 4. The van der Waals surface area contributed by atoms with Crippen molar-refractivity contribution in [3.8, 4) is 11.5 Å². The molecule has 25 heavy (non-hydrogen) atoms. The molecule has 0 unspecified atom stereocenters. The minimum Gasteiger partial charge on any atom is -0.486 e. The van der Waals surface area contributed by atoms with E-state index in [1.165, 1.54) is 0 Å². The van der Waals surface area contributed by atoms with Gasteiger partial charge in [0, 0.05) is 12.2 Å². The van der Waals surface area contributed by atoms with E-state index >= 15 is 0 Å². The third-order valence-electron chi connectivity index (χ3n) is 4.36. The number of benzene rings is 2. The minimum absolute atomic E-state index is 0.0226. The van der Waals surface area contributed by atoms with Crippen LogP contribution in [0.2, 0.25) is 0 Å². The number of hydrogen-bond donors (Lipinski definition) is 1. The summed E-state index contributed by atoms with van der Waals surface area (Å²) >= 11 is 0. The molecule has 0 radical (unpaired) electrons. The van der Waals surface area contributed by atoms with Crippen molar-refractivity contribution in [1.29, 1.82) is 0 Å². The molecular weight excluding hydrogens is 316 g/mol. The van der Waals surface area contributed by atoms with Gasteiger partial charge in [0.15, 0.2) is 11.5 Å². The Kier molecular flexibility index (Phi) is 5.24. The predicted molar refractivity (Wildman–Crippen MR) is 98.2 cm³/mol. The van der Waals surface area contributed by atoms with Gasteiger partial charge in [-0.05, 0) is 56.3 Å². The number of fused-ring (bicyclic) bond motifs is 1. The van der Waals surface area contributed by atoms with Gasteiger partial charge in [0.25, 0.3) is 0 Å². The largest absolute Gasteiger partial charge is 0.486 e. The van der Waals surface area contributed by atoms with Crippen molar-refractivity contribution < 1.29 is 14.3 Å². The second-order valence-corrected chi connectivity index (χ2v) is 6.43. The zero-order chi connectivity index (χ0) is 17.8. The van der Waals surface area contributed by atoms with Crippen LogP contribution in [0.3, 0.4) is 0 Å². The molecule has 1 N–H and O–H groups in total. The maximum atomic E-state index is 12.5. The van der Waals surface area contributed by atoms with Gasteiger partial charge in [0.1, 0.15) is 13.2 Å². The summed E-state index contributed by atoms with van der Waals surface area (Å²) in [6, 6.07) is 13.5. The second kappa shape index (κ2) is 7.57. The van der Waals surface area contributed by atoms with E-state index in [9.17, 15) is 4.79 Å². The van der Waals surface area contributed by atoms with Gasteiger partial charge in [-0.25, -0.2) is 0 Å². The van der Waals surface area contributed by atoms with E-state index in [1.54, 1.807) is 0 Å². The Morgan fingerprint density at radius 3 is 2.68 bits per heavy atom. The highest BCUT2D eigenvalue weighted by Crippen LogP contribution is 2.31. The SMILES string of the molecule is Cc1cccc(NC(=O)[C@@H](C)N(C)Cc2ccc3c(c2)OCCO3)c1. The van der Waals surface area contributed by atoms with Crippen molar-refractivity contribution in [2.45, 2.75) is 26.4 Å². The lowest BCUT2D eigenvalue weighted by Gasteiger charge is -2.25. The van der Waals surface area contributed by atoms with Crippen LogP contribution in [-0.2, 0) is 11.3 Å². The minimum atomic E-state index is -0.256. The van der Waals surface area contributed by atoms with Crippen LogP contribution in [0, 0.1) is 6.92 Å². The van der Waals surface area contributed by atoms with Gasteiger partial charge in [-0.3, -0.25) is 9.69 Å². The van der Waals surface area contributed by atoms with E-state index in [4.69, 9.17) is 9.47 Å². The van der Waals surface area contributed by atoms with Gasteiger partial charge in [-0.2, -0.15) is 0 Å². The number of anilines is 1. The predicted octanol–water partition coefficient (Wildman–Crippen LogP) is 3.23. The number of ether oxygens (including phenoxy) is 2. The smallest absolute Gasteiger partial charge is 0.241 e. The highest BCUT2D eigenvalue weighted by molar-refractivity contribution is 5.94. The van der Waals surface area contributed by atoms with Crippen molar-refractivity contribution in [3.63, 3.8) is 0 Å². The standard InChI is InChI=1S/C20H24N2O3/c1-14-5-4-6-17(11-14)21-20(23)15(2)22(3)13-16-7-8-18-19(12-16)25-10-9-24-18/h4-8,11-12,15H,9-10,13H2,1-3H3,(H,21,23)/t15-/m1/s1. The molecule has 1 aliphatic heterocycles. The molecule has 2 aromatic carbocycles. The van der Waals surface area contributed by atoms with Crippen LogP contribution >= 0.6 is 0 Å². The summed E-state index contributed by atoms with van der Waals surface area (Å²) in [5, 5.41) is 2.97. The average Bonchev–Trinajstić information content (AvgIpc) is 2.61. The first-order valence-corrected chi connectivity index (χ1v) is 8.49. The molecule has 0 aliphatic carbocycles. The summed E-state index contributed by atoms with van der Waals surface area (Å²) < 4.78 is 11.2. The first-order valence-electron chi connectivity index (χ1n) is 8.49. The number of amides is 1. The molecule has 5 heteroatoms. The lowest BCUT2D eigenvalue weighted by atomic mass is 10.1. The molecule has 1 atom stereocenters. The lowest BCUT2D eigenvalue weighted by molar-refractivity contribution is -0.120. The van der Waals surface area contributed by atoms with Crippen molar-refractivity contribution in [2.24, 2.45) is 0 Å². The maximum Gasteiger partial charge on any atom is 0.241 e. The van der Waals surface area contributed by atoms with Crippen LogP contribution in [0.5, 0.6) is 11.5 Å². The Morgan fingerprint density at radius 2 is 1.92 bits per heavy atom. The Bertz CT molecular complexity index is 760. The van der Waals surface area contributed by atoms with Crippen LogP contribution in [0.25, 0.3) is 0 Å². The van der Waals surface area contributed by atoms with E-state index in [2.05, 4.69) is 5.32 Å². The van der Waals surface area contributed by atoms with Crippen LogP contribution < -0.4 is 14.8 Å². The number of nitrogens with one attached hydrogen (secondary N) is 1. The number of rotatable bonds is 5. The third-order valence-corrected chi connectivity index (χ3v) is 4.36. The summed E-state index contributed by atoms with van der Waals surface area (Å²) in [6.45, 7) is 5.72. The molecule has 2 aromatic rings. The van der Waals surface area contributed by atoms with E-state index in [0.29, 0.717) is 19.8 Å². The van der Waals surface area contributed by atoms with E-state index in [1.807, 2.05) is 68.3 Å². The van der Waals surface area contributed by atoms with Gasteiger partial charge in [-0.15, -0.1) is 0 Å². The third kappa shape index (κ3) is 4.31. The van der Waals surface area contributed by atoms with Crippen LogP contribution in [-0.4, -0.2) is 37.1 Å². The molecule has 0 bridgehead atoms. The molecule has 1 amide bonds. The lowest BCUT2D eigenvalue weighted by Crippen LogP contribution is -2.39. The zero-order valence-electron chi connectivity index (χ0n) is 14.9. The Labute approximate surface area is 148 Å². The molecule has 1 aliphatic rings. The van der Waals surface area contributed by atoms with Gasteiger partial charge in [0.2, 0.25) is 5.91 Å². The molecule has 0 fully saturated rings. The zero-order valence-corrected chi connectivity index (χ0v) is 14.9. The molecule has 3 rings (SSSR count). The topological polar surface area (TPSA) is 50.8 Å². The van der Waals surface area contributed by atoms with Crippen LogP contribution in [0.1, 0.15) is 18.1 Å². The van der Waals surface area contributed by atoms with Crippen LogP contribution in [0.4, 0.5) is 5.69 Å². The van der Waals surface area contributed by atoms with Gasteiger partial charge in [0.05, 0.1) is 6.04 Å². The van der Waals surface area contributed by atoms with Crippen molar-refractivity contribution in [3.05, 3.63) is 53.6 Å². The first-order chi connectivity index (χ1) is 12.0. The second-order valence-electron chi connectivity index (χ2n) is 6.43. The molecule has 1 heterocycles. The monoisotopic (exact) mass is 340 g/mol. The number of carbonyl (C=O) groups is 1. The number of nitrogens with zero attached hydrogens (tertiary/aromatic N) is 1. The molecule has 0 spiro atoms. The fourth-order valence-corrected chi connectivity index (χ4v) is 2.78.